The number of amides is 1. The quantitative estimate of drug-likeness (QED) is 0.766. The molecule has 1 amide bonds. The molecule has 0 fully saturated rings. The van der Waals surface area contributed by atoms with Crippen LogP contribution in [0.5, 0.6) is 0 Å². The first-order valence-electron chi connectivity index (χ1n) is 7.19. The second-order valence-corrected chi connectivity index (χ2v) is 5.23. The van der Waals surface area contributed by atoms with E-state index < -0.39 is 5.97 Å². The van der Waals surface area contributed by atoms with Crippen molar-refractivity contribution in [1.29, 1.82) is 0 Å². The van der Waals surface area contributed by atoms with E-state index in [4.69, 9.17) is 10.8 Å². The fourth-order valence-electron chi connectivity index (χ4n) is 2.28. The first kappa shape index (κ1) is 16.4. The van der Waals surface area contributed by atoms with Crippen LogP contribution < -0.4 is 5.73 Å². The lowest BCUT2D eigenvalue weighted by molar-refractivity contribution is -0.118. The number of ketones is 1. The number of hydrogen-bond acceptors (Lipinski definition) is 3. The van der Waals surface area contributed by atoms with Crippen molar-refractivity contribution < 1.29 is 19.5 Å². The summed E-state index contributed by atoms with van der Waals surface area (Å²) in [5.74, 6) is -1.71. The van der Waals surface area contributed by atoms with Gasteiger partial charge >= 0.3 is 5.97 Å². The molecule has 2 rings (SSSR count). The van der Waals surface area contributed by atoms with Crippen LogP contribution in [0.4, 0.5) is 0 Å². The predicted octanol–water partition coefficient (Wildman–Crippen LogP) is 2.23. The van der Waals surface area contributed by atoms with E-state index in [1.54, 1.807) is 24.3 Å². The molecule has 0 aliphatic rings. The van der Waals surface area contributed by atoms with Gasteiger partial charge in [0.05, 0.1) is 5.56 Å². The van der Waals surface area contributed by atoms with Crippen molar-refractivity contribution in [3.05, 3.63) is 70.8 Å². The van der Waals surface area contributed by atoms with Crippen molar-refractivity contribution in [2.75, 3.05) is 0 Å². The fraction of sp³-hybridized carbons (Fsp3) is 0.167. The molecular weight excluding hydrogens is 294 g/mol. The van der Waals surface area contributed by atoms with Crippen molar-refractivity contribution >= 4 is 17.7 Å². The Morgan fingerprint density at radius 1 is 0.870 bits per heavy atom. The zero-order valence-electron chi connectivity index (χ0n) is 12.5. The highest BCUT2D eigenvalue weighted by Crippen LogP contribution is 2.14. The van der Waals surface area contributed by atoms with Crippen LogP contribution in [0.2, 0.25) is 0 Å². The van der Waals surface area contributed by atoms with Gasteiger partial charge in [-0.3, -0.25) is 9.59 Å². The van der Waals surface area contributed by atoms with Gasteiger partial charge in [-0.1, -0.05) is 42.5 Å². The Labute approximate surface area is 133 Å². The van der Waals surface area contributed by atoms with Gasteiger partial charge in [0.1, 0.15) is 0 Å². The lowest BCUT2D eigenvalue weighted by Crippen LogP contribution is -2.11. The van der Waals surface area contributed by atoms with Crippen LogP contribution >= 0.6 is 0 Å². The Balaban J connectivity index is 2.09. The van der Waals surface area contributed by atoms with Crippen LogP contribution in [-0.2, 0) is 17.6 Å². The molecule has 5 nitrogen and oxygen atoms in total. The monoisotopic (exact) mass is 311 g/mol. The number of carboxylic acid groups (broad SMARTS) is 1. The van der Waals surface area contributed by atoms with Crippen LogP contribution in [0.15, 0.2) is 48.5 Å². The minimum atomic E-state index is -1.12. The first-order valence-corrected chi connectivity index (χ1v) is 7.19. The number of benzene rings is 2. The number of primary amides is 1. The van der Waals surface area contributed by atoms with E-state index in [0.717, 1.165) is 11.1 Å². The van der Waals surface area contributed by atoms with Gasteiger partial charge in [-0.15, -0.1) is 0 Å². The second-order valence-electron chi connectivity index (χ2n) is 5.23. The van der Waals surface area contributed by atoms with Gasteiger partial charge in [0.15, 0.2) is 5.78 Å². The molecule has 0 aliphatic carbocycles. The van der Waals surface area contributed by atoms with Crippen LogP contribution in [0.25, 0.3) is 0 Å². The first-order chi connectivity index (χ1) is 11.0. The molecule has 0 atom stereocenters. The van der Waals surface area contributed by atoms with Crippen molar-refractivity contribution in [3.63, 3.8) is 0 Å². The number of Topliss-reactive ketones (excluding diaryl/α,β-unsaturated/α-hetero) is 1. The highest BCUT2D eigenvalue weighted by molar-refractivity contribution is 6.06. The maximum Gasteiger partial charge on any atom is 0.336 e. The number of carbonyl (C=O) groups is 3. The van der Waals surface area contributed by atoms with E-state index in [9.17, 15) is 14.4 Å². The summed E-state index contributed by atoms with van der Waals surface area (Å²) in [6.07, 6.45) is 0.968. The Bertz CT molecular complexity index is 735. The summed E-state index contributed by atoms with van der Waals surface area (Å²) < 4.78 is 0. The molecule has 23 heavy (non-hydrogen) atoms. The van der Waals surface area contributed by atoms with E-state index in [0.29, 0.717) is 6.42 Å². The van der Waals surface area contributed by atoms with Gasteiger partial charge in [0, 0.05) is 18.4 Å². The molecule has 0 aromatic heterocycles. The summed E-state index contributed by atoms with van der Waals surface area (Å²) in [6.45, 7) is 0. The molecule has 3 N–H and O–H groups in total. The Morgan fingerprint density at radius 2 is 1.43 bits per heavy atom. The number of aromatic carboxylic acids is 1. The molecule has 0 aliphatic heterocycles. The predicted molar refractivity (Wildman–Crippen MR) is 85.4 cm³/mol. The number of rotatable bonds is 7. The highest BCUT2D eigenvalue weighted by Gasteiger charge is 2.15. The number of aryl methyl sites for hydroxylation is 1. The number of nitrogens with two attached hydrogens (primary N) is 1. The summed E-state index contributed by atoms with van der Waals surface area (Å²) in [7, 11) is 0. The van der Waals surface area contributed by atoms with Gasteiger partial charge in [-0.25, -0.2) is 4.79 Å². The third-order valence-electron chi connectivity index (χ3n) is 3.51. The van der Waals surface area contributed by atoms with Gasteiger partial charge in [-0.2, -0.15) is 0 Å². The largest absolute Gasteiger partial charge is 0.478 e. The summed E-state index contributed by atoms with van der Waals surface area (Å²) in [5.41, 5.74) is 7.08. The van der Waals surface area contributed by atoms with Crippen molar-refractivity contribution in [1.82, 2.24) is 0 Å². The van der Waals surface area contributed by atoms with Gasteiger partial charge in [0.25, 0.3) is 0 Å². The molecule has 118 valence electrons. The van der Waals surface area contributed by atoms with Gasteiger partial charge < -0.3 is 10.8 Å². The lowest BCUT2D eigenvalue weighted by atomic mass is 9.97. The standard InChI is InChI=1S/C18H17NO4/c19-17(21)10-9-12-5-7-13(8-6-12)11-16(20)14-3-1-2-4-15(14)18(22)23/h1-8H,9-11H2,(H2,19,21)(H,22,23). The number of carbonyl (C=O) groups excluding carboxylic acids is 2. The van der Waals surface area contributed by atoms with Crippen LogP contribution in [-0.4, -0.2) is 22.8 Å². The molecular formula is C18H17NO4. The maximum atomic E-state index is 12.3. The molecule has 0 radical (unpaired) electrons. The molecule has 2 aromatic carbocycles. The van der Waals surface area contributed by atoms with Crippen molar-refractivity contribution in [2.24, 2.45) is 5.73 Å². The third-order valence-corrected chi connectivity index (χ3v) is 3.51. The second kappa shape index (κ2) is 7.35. The third kappa shape index (κ3) is 4.51. The number of hydrogen-bond donors (Lipinski definition) is 2. The molecule has 2 aromatic rings. The Kier molecular flexibility index (Phi) is 5.25. The van der Waals surface area contributed by atoms with Crippen LogP contribution in [0.3, 0.4) is 0 Å². The molecule has 0 spiro atoms. The highest BCUT2D eigenvalue weighted by atomic mass is 16.4. The van der Waals surface area contributed by atoms with E-state index in [1.165, 1.54) is 12.1 Å². The molecule has 0 bridgehead atoms. The van der Waals surface area contributed by atoms with E-state index >= 15 is 0 Å². The molecule has 0 heterocycles. The van der Waals surface area contributed by atoms with Gasteiger partial charge in [-0.05, 0) is 23.6 Å². The minimum absolute atomic E-state index is 0.00979. The Morgan fingerprint density at radius 3 is 2.00 bits per heavy atom. The molecule has 0 saturated heterocycles. The van der Waals surface area contributed by atoms with Gasteiger partial charge in [0.2, 0.25) is 5.91 Å². The maximum absolute atomic E-state index is 12.3. The van der Waals surface area contributed by atoms with Crippen LogP contribution in [0.1, 0.15) is 38.3 Å². The normalized spacial score (nSPS) is 10.3. The lowest BCUT2D eigenvalue weighted by Gasteiger charge is -2.06. The minimum Gasteiger partial charge on any atom is -0.478 e. The van der Waals surface area contributed by atoms with Crippen molar-refractivity contribution in [3.8, 4) is 0 Å². The average molecular weight is 311 g/mol. The van der Waals surface area contributed by atoms with Crippen molar-refractivity contribution in [2.45, 2.75) is 19.3 Å². The fourth-order valence-corrected chi connectivity index (χ4v) is 2.28. The van der Waals surface area contributed by atoms with E-state index in [-0.39, 0.29) is 35.7 Å². The SMILES string of the molecule is NC(=O)CCc1ccc(CC(=O)c2ccccc2C(=O)O)cc1. The molecule has 0 saturated carbocycles. The zero-order valence-corrected chi connectivity index (χ0v) is 12.5. The summed E-state index contributed by atoms with van der Waals surface area (Å²) in [5, 5.41) is 9.13. The topological polar surface area (TPSA) is 97.5 Å². The zero-order chi connectivity index (χ0) is 16.8. The summed E-state index contributed by atoms with van der Waals surface area (Å²) in [6, 6.07) is 13.5. The Hall–Kier alpha value is -2.95. The van der Waals surface area contributed by atoms with E-state index in [1.807, 2.05) is 12.1 Å². The van der Waals surface area contributed by atoms with Crippen LogP contribution in [0, 0.1) is 0 Å². The molecule has 5 heteroatoms. The average Bonchev–Trinajstić information content (AvgIpc) is 2.54. The summed E-state index contributed by atoms with van der Waals surface area (Å²) >= 11 is 0. The smallest absolute Gasteiger partial charge is 0.336 e. The summed E-state index contributed by atoms with van der Waals surface area (Å²) in [4.78, 5) is 34.2. The van der Waals surface area contributed by atoms with E-state index in [2.05, 4.69) is 0 Å². The molecule has 0 unspecified atom stereocenters. The number of carboxylic acids is 1.